The highest BCUT2D eigenvalue weighted by Crippen LogP contribution is 2.57. The molecule has 0 aromatic rings. The molecule has 2 nitrogen and oxygen atoms in total. The Hall–Kier alpha value is -0.530. The average Bonchev–Trinajstić information content (AvgIpc) is 2.14. The third kappa shape index (κ3) is 1.42. The van der Waals surface area contributed by atoms with Crippen LogP contribution in [0.1, 0.15) is 52.4 Å². The highest BCUT2D eigenvalue weighted by atomic mass is 16.2. The van der Waals surface area contributed by atoms with Crippen molar-refractivity contribution in [2.45, 2.75) is 57.9 Å². The van der Waals surface area contributed by atoms with E-state index in [4.69, 9.17) is 0 Å². The maximum absolute atomic E-state index is 11.8. The van der Waals surface area contributed by atoms with Gasteiger partial charge in [-0.15, -0.1) is 0 Å². The van der Waals surface area contributed by atoms with Gasteiger partial charge in [-0.25, -0.2) is 0 Å². The van der Waals surface area contributed by atoms with Crippen LogP contribution in [0.4, 0.5) is 0 Å². The molecule has 0 heterocycles. The second kappa shape index (κ2) is 3.48. The monoisotopic (exact) mass is 221 g/mol. The van der Waals surface area contributed by atoms with Crippen LogP contribution in [0.5, 0.6) is 0 Å². The fraction of sp³-hybridized carbons (Fsp3) is 0.929. The predicted molar refractivity (Wildman–Crippen MR) is 64.0 cm³/mol. The number of hydrogen-bond donors (Lipinski definition) is 0. The molecule has 4 rings (SSSR count). The molecule has 4 aliphatic rings. The molecule has 2 heteroatoms. The van der Waals surface area contributed by atoms with Gasteiger partial charge in [0.15, 0.2) is 0 Å². The van der Waals surface area contributed by atoms with E-state index in [1.807, 2.05) is 0 Å². The molecule has 4 bridgehead atoms. The van der Waals surface area contributed by atoms with Gasteiger partial charge in [0.2, 0.25) is 5.91 Å². The first kappa shape index (κ1) is 10.6. The Bertz CT molecular complexity index is 275. The van der Waals surface area contributed by atoms with Crippen molar-refractivity contribution >= 4 is 5.91 Å². The van der Waals surface area contributed by atoms with E-state index >= 15 is 0 Å². The molecule has 90 valence electrons. The molecule has 0 saturated heterocycles. The Labute approximate surface area is 98.4 Å². The smallest absolute Gasteiger partial charge is 0.219 e. The first-order chi connectivity index (χ1) is 7.63. The van der Waals surface area contributed by atoms with Crippen LogP contribution in [0.2, 0.25) is 0 Å². The number of hydrogen-bond acceptors (Lipinski definition) is 1. The molecule has 0 atom stereocenters. The first-order valence-corrected chi connectivity index (χ1v) is 6.91. The van der Waals surface area contributed by atoms with Crippen molar-refractivity contribution in [1.82, 2.24) is 4.90 Å². The second-order valence-corrected chi connectivity index (χ2v) is 6.41. The van der Waals surface area contributed by atoms with Crippen molar-refractivity contribution in [3.8, 4) is 0 Å². The average molecular weight is 221 g/mol. The summed E-state index contributed by atoms with van der Waals surface area (Å²) in [5.41, 5.74) is 0.273. The van der Waals surface area contributed by atoms with Crippen molar-refractivity contribution in [1.29, 1.82) is 0 Å². The molecule has 16 heavy (non-hydrogen) atoms. The van der Waals surface area contributed by atoms with Crippen molar-refractivity contribution in [3.05, 3.63) is 0 Å². The molecular formula is C14H23NO. The normalized spacial score (nSPS) is 44.8. The molecular weight excluding hydrogens is 198 g/mol. The first-order valence-electron chi connectivity index (χ1n) is 6.91. The van der Waals surface area contributed by atoms with Crippen LogP contribution in [-0.4, -0.2) is 22.9 Å². The van der Waals surface area contributed by atoms with Crippen LogP contribution in [0.3, 0.4) is 0 Å². The third-order valence-electron chi connectivity index (χ3n) is 5.27. The fourth-order valence-electron chi connectivity index (χ4n) is 5.29. The van der Waals surface area contributed by atoms with Gasteiger partial charge in [0.05, 0.1) is 0 Å². The molecule has 0 radical (unpaired) electrons. The van der Waals surface area contributed by atoms with Crippen LogP contribution in [0.25, 0.3) is 0 Å². The molecule has 4 aliphatic carbocycles. The lowest BCUT2D eigenvalue weighted by Gasteiger charge is -2.60. The second-order valence-electron chi connectivity index (χ2n) is 6.41. The minimum Gasteiger partial charge on any atom is -0.338 e. The number of nitrogens with zero attached hydrogens (tertiary/aromatic N) is 1. The Morgan fingerprint density at radius 1 is 1.12 bits per heavy atom. The molecule has 1 amide bonds. The zero-order valence-corrected chi connectivity index (χ0v) is 10.5. The van der Waals surface area contributed by atoms with Crippen LogP contribution >= 0.6 is 0 Å². The van der Waals surface area contributed by atoms with E-state index in [1.54, 1.807) is 6.92 Å². The Morgan fingerprint density at radius 2 is 1.56 bits per heavy atom. The van der Waals surface area contributed by atoms with Crippen LogP contribution in [0, 0.1) is 17.8 Å². The van der Waals surface area contributed by atoms with E-state index in [9.17, 15) is 4.79 Å². The van der Waals surface area contributed by atoms with Gasteiger partial charge >= 0.3 is 0 Å². The van der Waals surface area contributed by atoms with Gasteiger partial charge in [0, 0.05) is 19.0 Å². The number of carbonyl (C=O) groups is 1. The zero-order valence-electron chi connectivity index (χ0n) is 10.5. The molecule has 0 N–H and O–H groups in total. The minimum atomic E-state index is 0.273. The quantitative estimate of drug-likeness (QED) is 0.702. The van der Waals surface area contributed by atoms with Crippen molar-refractivity contribution in [2.24, 2.45) is 17.8 Å². The van der Waals surface area contributed by atoms with E-state index < -0.39 is 0 Å². The highest BCUT2D eigenvalue weighted by Gasteiger charge is 2.53. The summed E-state index contributed by atoms with van der Waals surface area (Å²) in [4.78, 5) is 14.0. The van der Waals surface area contributed by atoms with Crippen molar-refractivity contribution < 1.29 is 4.79 Å². The molecule has 4 saturated carbocycles. The van der Waals surface area contributed by atoms with Gasteiger partial charge in [0.1, 0.15) is 0 Å². The van der Waals surface area contributed by atoms with E-state index in [0.717, 1.165) is 24.3 Å². The van der Waals surface area contributed by atoms with Crippen LogP contribution in [0.15, 0.2) is 0 Å². The summed E-state index contributed by atoms with van der Waals surface area (Å²) in [7, 11) is 0. The summed E-state index contributed by atoms with van der Waals surface area (Å²) in [6.07, 6.45) is 8.25. The standard InChI is InChI=1S/C14H23NO/c1-3-15(10(2)16)14-7-11-4-12(8-14)6-13(5-11)9-14/h11-13H,3-9H2,1-2H3. The topological polar surface area (TPSA) is 20.3 Å². The molecule has 0 aromatic heterocycles. The van der Waals surface area contributed by atoms with E-state index in [2.05, 4.69) is 11.8 Å². The Kier molecular flexibility index (Phi) is 2.31. The van der Waals surface area contributed by atoms with Crippen LogP contribution < -0.4 is 0 Å². The highest BCUT2D eigenvalue weighted by molar-refractivity contribution is 5.74. The molecule has 0 spiro atoms. The Balaban J connectivity index is 1.90. The Morgan fingerprint density at radius 3 is 1.88 bits per heavy atom. The van der Waals surface area contributed by atoms with Gasteiger partial charge in [-0.1, -0.05) is 0 Å². The van der Waals surface area contributed by atoms with Gasteiger partial charge in [-0.3, -0.25) is 4.79 Å². The number of rotatable bonds is 2. The summed E-state index contributed by atoms with van der Waals surface area (Å²) in [6, 6.07) is 0. The lowest BCUT2D eigenvalue weighted by Crippen LogP contribution is -2.61. The maximum atomic E-state index is 11.8. The summed E-state index contributed by atoms with van der Waals surface area (Å²) >= 11 is 0. The summed E-state index contributed by atoms with van der Waals surface area (Å²) < 4.78 is 0. The van der Waals surface area contributed by atoms with E-state index in [-0.39, 0.29) is 5.54 Å². The van der Waals surface area contributed by atoms with Gasteiger partial charge < -0.3 is 4.90 Å². The lowest BCUT2D eigenvalue weighted by molar-refractivity contribution is -0.147. The summed E-state index contributed by atoms with van der Waals surface area (Å²) in [5, 5.41) is 0. The largest absolute Gasteiger partial charge is 0.338 e. The molecule has 0 aromatic carbocycles. The number of amides is 1. The minimum absolute atomic E-state index is 0.273. The van der Waals surface area contributed by atoms with Crippen LogP contribution in [-0.2, 0) is 4.79 Å². The maximum Gasteiger partial charge on any atom is 0.219 e. The number of carbonyl (C=O) groups excluding carboxylic acids is 1. The summed E-state index contributed by atoms with van der Waals surface area (Å²) in [5.74, 6) is 3.09. The predicted octanol–water partition coefficient (Wildman–Crippen LogP) is 2.82. The van der Waals surface area contributed by atoms with Gasteiger partial charge in [0.25, 0.3) is 0 Å². The van der Waals surface area contributed by atoms with E-state index in [0.29, 0.717) is 5.91 Å². The molecule has 0 aliphatic heterocycles. The molecule has 4 fully saturated rings. The fourth-order valence-corrected chi connectivity index (χ4v) is 5.29. The van der Waals surface area contributed by atoms with Crippen molar-refractivity contribution in [3.63, 3.8) is 0 Å². The zero-order chi connectivity index (χ0) is 11.3. The van der Waals surface area contributed by atoms with Gasteiger partial charge in [-0.05, 0) is 63.2 Å². The SMILES string of the molecule is CCN(C(C)=O)C12CC3CC(CC(C3)C1)C2. The third-order valence-corrected chi connectivity index (χ3v) is 5.27. The summed E-state index contributed by atoms with van der Waals surface area (Å²) in [6.45, 7) is 4.80. The van der Waals surface area contributed by atoms with E-state index in [1.165, 1.54) is 38.5 Å². The lowest BCUT2D eigenvalue weighted by atomic mass is 9.52. The molecule has 0 unspecified atom stereocenters. The van der Waals surface area contributed by atoms with Crippen molar-refractivity contribution in [2.75, 3.05) is 6.54 Å². The van der Waals surface area contributed by atoms with Gasteiger partial charge in [-0.2, -0.15) is 0 Å².